The van der Waals surface area contributed by atoms with Crippen molar-refractivity contribution in [1.82, 2.24) is 5.32 Å². The standard InChI is InChI=1S/C15H23N/c1-11-4-5-14(10-13(11)3)12(2)8-9-16-15-6-7-15/h4-5,10,12,15-16H,6-9H2,1-3H3. The summed E-state index contributed by atoms with van der Waals surface area (Å²) in [5, 5.41) is 3.58. The summed E-state index contributed by atoms with van der Waals surface area (Å²) >= 11 is 0. The number of hydrogen-bond donors (Lipinski definition) is 1. The lowest BCUT2D eigenvalue weighted by molar-refractivity contribution is 0.591. The van der Waals surface area contributed by atoms with Crippen molar-refractivity contribution in [3.05, 3.63) is 34.9 Å². The van der Waals surface area contributed by atoms with Gasteiger partial charge in [0.2, 0.25) is 0 Å². The summed E-state index contributed by atoms with van der Waals surface area (Å²) in [7, 11) is 0. The van der Waals surface area contributed by atoms with Gasteiger partial charge in [-0.2, -0.15) is 0 Å². The fraction of sp³-hybridized carbons (Fsp3) is 0.600. The first-order chi connectivity index (χ1) is 7.66. The molecular formula is C15H23N. The van der Waals surface area contributed by atoms with Gasteiger partial charge in [-0.1, -0.05) is 25.1 Å². The quantitative estimate of drug-likeness (QED) is 0.795. The number of hydrogen-bond acceptors (Lipinski definition) is 1. The molecule has 0 aliphatic heterocycles. The van der Waals surface area contributed by atoms with Gasteiger partial charge in [0.25, 0.3) is 0 Å². The van der Waals surface area contributed by atoms with Gasteiger partial charge in [0.1, 0.15) is 0 Å². The van der Waals surface area contributed by atoms with Crippen LogP contribution in [0.15, 0.2) is 18.2 Å². The van der Waals surface area contributed by atoms with E-state index >= 15 is 0 Å². The van der Waals surface area contributed by atoms with Crippen LogP contribution < -0.4 is 5.32 Å². The molecule has 1 aliphatic rings. The second kappa shape index (κ2) is 5.01. The van der Waals surface area contributed by atoms with Crippen LogP contribution in [0, 0.1) is 13.8 Å². The summed E-state index contributed by atoms with van der Waals surface area (Å²) in [5.41, 5.74) is 4.30. The molecule has 1 aromatic carbocycles. The molecule has 0 radical (unpaired) electrons. The highest BCUT2D eigenvalue weighted by molar-refractivity contribution is 5.31. The first-order valence-electron chi connectivity index (χ1n) is 6.47. The van der Waals surface area contributed by atoms with E-state index in [0.29, 0.717) is 5.92 Å². The maximum absolute atomic E-state index is 3.58. The zero-order valence-electron chi connectivity index (χ0n) is 10.7. The van der Waals surface area contributed by atoms with Crippen LogP contribution in [0.3, 0.4) is 0 Å². The van der Waals surface area contributed by atoms with E-state index in [9.17, 15) is 0 Å². The van der Waals surface area contributed by atoms with Crippen molar-refractivity contribution in [3.63, 3.8) is 0 Å². The van der Waals surface area contributed by atoms with E-state index in [1.807, 2.05) is 0 Å². The first kappa shape index (κ1) is 11.7. The number of benzene rings is 1. The van der Waals surface area contributed by atoms with Crippen LogP contribution in [0.4, 0.5) is 0 Å². The van der Waals surface area contributed by atoms with Gasteiger partial charge in [-0.05, 0) is 62.3 Å². The normalized spacial score (nSPS) is 17.4. The van der Waals surface area contributed by atoms with E-state index in [2.05, 4.69) is 44.3 Å². The molecule has 1 nitrogen and oxygen atoms in total. The smallest absolute Gasteiger partial charge is 0.00682 e. The summed E-state index contributed by atoms with van der Waals surface area (Å²) in [6, 6.07) is 7.71. The third kappa shape index (κ3) is 3.08. The van der Waals surface area contributed by atoms with Crippen molar-refractivity contribution in [3.8, 4) is 0 Å². The summed E-state index contributed by atoms with van der Waals surface area (Å²) in [6.45, 7) is 7.88. The maximum atomic E-state index is 3.58. The summed E-state index contributed by atoms with van der Waals surface area (Å²) in [5.74, 6) is 0.672. The van der Waals surface area contributed by atoms with E-state index in [-0.39, 0.29) is 0 Å². The molecule has 0 saturated heterocycles. The molecule has 1 saturated carbocycles. The van der Waals surface area contributed by atoms with E-state index in [0.717, 1.165) is 6.04 Å². The topological polar surface area (TPSA) is 12.0 Å². The fourth-order valence-corrected chi connectivity index (χ4v) is 2.03. The number of nitrogens with one attached hydrogen (secondary N) is 1. The maximum Gasteiger partial charge on any atom is 0.00682 e. The van der Waals surface area contributed by atoms with Crippen LogP contribution >= 0.6 is 0 Å². The Morgan fingerprint density at radius 2 is 2.00 bits per heavy atom. The van der Waals surface area contributed by atoms with Crippen LogP contribution in [0.2, 0.25) is 0 Å². The minimum atomic E-state index is 0.672. The van der Waals surface area contributed by atoms with Gasteiger partial charge < -0.3 is 5.32 Å². The third-order valence-corrected chi connectivity index (χ3v) is 3.69. The predicted octanol–water partition coefficient (Wildman–Crippen LogP) is 3.55. The Hall–Kier alpha value is -0.820. The molecule has 0 heterocycles. The molecule has 1 fully saturated rings. The van der Waals surface area contributed by atoms with Gasteiger partial charge in [0.05, 0.1) is 0 Å². The molecule has 16 heavy (non-hydrogen) atoms. The van der Waals surface area contributed by atoms with Crippen molar-refractivity contribution in [2.45, 2.75) is 52.0 Å². The van der Waals surface area contributed by atoms with Crippen molar-refractivity contribution in [1.29, 1.82) is 0 Å². The Morgan fingerprint density at radius 3 is 2.62 bits per heavy atom. The summed E-state index contributed by atoms with van der Waals surface area (Å²) in [6.07, 6.45) is 4.02. The van der Waals surface area contributed by atoms with Crippen molar-refractivity contribution in [2.24, 2.45) is 0 Å². The lowest BCUT2D eigenvalue weighted by Crippen LogP contribution is -2.19. The largest absolute Gasteiger partial charge is 0.314 e. The monoisotopic (exact) mass is 217 g/mol. The molecule has 1 N–H and O–H groups in total. The highest BCUT2D eigenvalue weighted by Crippen LogP contribution is 2.23. The van der Waals surface area contributed by atoms with Crippen LogP contribution in [0.1, 0.15) is 48.8 Å². The van der Waals surface area contributed by atoms with Crippen molar-refractivity contribution < 1.29 is 0 Å². The molecule has 0 bridgehead atoms. The molecule has 1 aromatic rings. The highest BCUT2D eigenvalue weighted by atomic mass is 14.9. The van der Waals surface area contributed by atoms with Crippen molar-refractivity contribution >= 4 is 0 Å². The Labute approximate surface area is 99.3 Å². The SMILES string of the molecule is Cc1ccc(C(C)CCNC2CC2)cc1C. The van der Waals surface area contributed by atoms with E-state index in [1.54, 1.807) is 0 Å². The first-order valence-corrected chi connectivity index (χ1v) is 6.47. The second-order valence-electron chi connectivity index (χ2n) is 5.26. The van der Waals surface area contributed by atoms with Crippen LogP contribution in [0.25, 0.3) is 0 Å². The lowest BCUT2D eigenvalue weighted by Gasteiger charge is -2.14. The lowest BCUT2D eigenvalue weighted by atomic mass is 9.94. The van der Waals surface area contributed by atoms with E-state index < -0.39 is 0 Å². The minimum Gasteiger partial charge on any atom is -0.314 e. The average Bonchev–Trinajstić information content (AvgIpc) is 3.06. The third-order valence-electron chi connectivity index (χ3n) is 3.69. The Morgan fingerprint density at radius 1 is 1.25 bits per heavy atom. The molecule has 0 amide bonds. The number of rotatable bonds is 5. The van der Waals surface area contributed by atoms with Gasteiger partial charge in [-0.25, -0.2) is 0 Å². The van der Waals surface area contributed by atoms with E-state index in [4.69, 9.17) is 0 Å². The van der Waals surface area contributed by atoms with Crippen LogP contribution in [-0.4, -0.2) is 12.6 Å². The summed E-state index contributed by atoms with van der Waals surface area (Å²) < 4.78 is 0. The zero-order valence-corrected chi connectivity index (χ0v) is 10.7. The van der Waals surface area contributed by atoms with Gasteiger partial charge in [-0.15, -0.1) is 0 Å². The predicted molar refractivity (Wildman–Crippen MR) is 70.0 cm³/mol. The molecule has 88 valence electrons. The van der Waals surface area contributed by atoms with E-state index in [1.165, 1.54) is 42.5 Å². The Kier molecular flexibility index (Phi) is 3.65. The molecular weight excluding hydrogens is 194 g/mol. The molecule has 2 rings (SSSR count). The molecule has 0 aromatic heterocycles. The fourth-order valence-electron chi connectivity index (χ4n) is 2.03. The van der Waals surface area contributed by atoms with Gasteiger partial charge in [-0.3, -0.25) is 0 Å². The molecule has 1 unspecified atom stereocenters. The van der Waals surface area contributed by atoms with Crippen LogP contribution in [-0.2, 0) is 0 Å². The average molecular weight is 217 g/mol. The Balaban J connectivity index is 1.86. The summed E-state index contributed by atoms with van der Waals surface area (Å²) in [4.78, 5) is 0. The van der Waals surface area contributed by atoms with Crippen LogP contribution in [0.5, 0.6) is 0 Å². The number of aryl methyl sites for hydroxylation is 2. The highest BCUT2D eigenvalue weighted by Gasteiger charge is 2.20. The molecule has 1 aliphatic carbocycles. The van der Waals surface area contributed by atoms with Crippen molar-refractivity contribution in [2.75, 3.05) is 6.54 Å². The molecule has 1 atom stereocenters. The zero-order chi connectivity index (χ0) is 11.5. The molecule has 0 spiro atoms. The minimum absolute atomic E-state index is 0.672. The van der Waals surface area contributed by atoms with Gasteiger partial charge in [0, 0.05) is 6.04 Å². The second-order valence-corrected chi connectivity index (χ2v) is 5.26. The molecule has 1 heteroatoms. The van der Waals surface area contributed by atoms with Gasteiger partial charge >= 0.3 is 0 Å². The Bertz CT molecular complexity index is 352. The van der Waals surface area contributed by atoms with Gasteiger partial charge in [0.15, 0.2) is 0 Å².